The van der Waals surface area contributed by atoms with Crippen molar-refractivity contribution in [3.8, 4) is 0 Å². The van der Waals surface area contributed by atoms with Crippen molar-refractivity contribution in [2.75, 3.05) is 19.0 Å². The van der Waals surface area contributed by atoms with Gasteiger partial charge in [0.05, 0.1) is 18.4 Å². The Bertz CT molecular complexity index is 515. The third-order valence-electron chi connectivity index (χ3n) is 2.62. The van der Waals surface area contributed by atoms with Crippen molar-refractivity contribution in [3.63, 3.8) is 0 Å². The fraction of sp³-hybridized carbons (Fsp3) is 0.545. The first-order chi connectivity index (χ1) is 8.58. The molecule has 7 heteroatoms. The van der Waals surface area contributed by atoms with E-state index in [1.807, 2.05) is 32.2 Å². The van der Waals surface area contributed by atoms with Gasteiger partial charge in [0.1, 0.15) is 0 Å². The molecule has 0 radical (unpaired) electrons. The van der Waals surface area contributed by atoms with Gasteiger partial charge in [-0.05, 0) is 0 Å². The maximum atomic E-state index is 4.90. The number of anilines is 1. The zero-order valence-electron chi connectivity index (χ0n) is 11.1. The van der Waals surface area contributed by atoms with Crippen LogP contribution >= 0.6 is 0 Å². The molecule has 0 fully saturated rings. The van der Waals surface area contributed by atoms with Crippen LogP contribution in [-0.2, 0) is 20.1 Å². The minimum absolute atomic E-state index is 0.583. The molecule has 0 amide bonds. The quantitative estimate of drug-likeness (QED) is 0.831. The Hall–Kier alpha value is -1.89. The van der Waals surface area contributed by atoms with Gasteiger partial charge in [-0.3, -0.25) is 0 Å². The molecule has 0 bridgehead atoms. The maximum absolute atomic E-state index is 4.90. The number of aryl methyl sites for hydroxylation is 1. The molecule has 0 saturated carbocycles. The molecule has 0 aliphatic carbocycles. The highest BCUT2D eigenvalue weighted by atomic mass is 16.5. The monoisotopic (exact) mass is 250 g/mol. The Kier molecular flexibility index (Phi) is 3.61. The van der Waals surface area contributed by atoms with Crippen LogP contribution in [0.2, 0.25) is 0 Å². The zero-order valence-corrected chi connectivity index (χ0v) is 11.1. The second kappa shape index (κ2) is 5.18. The lowest BCUT2D eigenvalue weighted by Crippen LogP contribution is -2.18. The van der Waals surface area contributed by atoms with E-state index in [1.165, 1.54) is 0 Å². The number of nitrogens with one attached hydrogen (secondary N) is 1. The molecular weight excluding hydrogens is 232 g/mol. The lowest BCUT2D eigenvalue weighted by molar-refractivity contribution is 0.385. The standard InChI is InChI=1S/C11H18N6O/c1-8-14-10(15-18-8)7-12-5-9-6-13-11(16(2)3)17(9)4/h6,12H,5,7H2,1-4H3. The van der Waals surface area contributed by atoms with Crippen molar-refractivity contribution in [1.29, 1.82) is 0 Å². The summed E-state index contributed by atoms with van der Waals surface area (Å²) >= 11 is 0. The van der Waals surface area contributed by atoms with Crippen LogP contribution in [0, 0.1) is 6.92 Å². The van der Waals surface area contributed by atoms with E-state index in [0.29, 0.717) is 24.8 Å². The highest BCUT2D eigenvalue weighted by Crippen LogP contribution is 2.10. The Morgan fingerprint density at radius 1 is 1.39 bits per heavy atom. The summed E-state index contributed by atoms with van der Waals surface area (Å²) in [7, 11) is 5.95. The molecule has 0 spiro atoms. The van der Waals surface area contributed by atoms with Crippen LogP contribution in [0.4, 0.5) is 5.95 Å². The molecule has 0 aliphatic rings. The van der Waals surface area contributed by atoms with E-state index in [4.69, 9.17) is 4.52 Å². The smallest absolute Gasteiger partial charge is 0.223 e. The third-order valence-corrected chi connectivity index (χ3v) is 2.62. The minimum Gasteiger partial charge on any atom is -0.348 e. The minimum atomic E-state index is 0.583. The first-order valence-electron chi connectivity index (χ1n) is 5.75. The molecule has 7 nitrogen and oxygen atoms in total. The van der Waals surface area contributed by atoms with Crippen LogP contribution in [0.25, 0.3) is 0 Å². The average molecular weight is 250 g/mol. The normalized spacial score (nSPS) is 10.9. The SMILES string of the molecule is Cc1nc(CNCc2cnc(N(C)C)n2C)no1. The van der Waals surface area contributed by atoms with E-state index in [-0.39, 0.29) is 0 Å². The van der Waals surface area contributed by atoms with Gasteiger partial charge in [0.15, 0.2) is 5.82 Å². The van der Waals surface area contributed by atoms with Gasteiger partial charge in [-0.2, -0.15) is 4.98 Å². The second-order valence-corrected chi connectivity index (χ2v) is 4.34. The van der Waals surface area contributed by atoms with Crippen LogP contribution in [0.15, 0.2) is 10.7 Å². The molecule has 98 valence electrons. The second-order valence-electron chi connectivity index (χ2n) is 4.34. The van der Waals surface area contributed by atoms with E-state index in [0.717, 1.165) is 11.6 Å². The summed E-state index contributed by atoms with van der Waals surface area (Å²) in [6.45, 7) is 3.08. The molecular formula is C11H18N6O. The van der Waals surface area contributed by atoms with Crippen LogP contribution in [0.1, 0.15) is 17.4 Å². The van der Waals surface area contributed by atoms with Gasteiger partial charge in [-0.1, -0.05) is 5.16 Å². The van der Waals surface area contributed by atoms with Crippen molar-refractivity contribution in [1.82, 2.24) is 25.0 Å². The van der Waals surface area contributed by atoms with Crippen LogP contribution in [-0.4, -0.2) is 33.8 Å². The van der Waals surface area contributed by atoms with Gasteiger partial charge in [0, 0.05) is 34.6 Å². The van der Waals surface area contributed by atoms with Gasteiger partial charge in [-0.15, -0.1) is 0 Å². The summed E-state index contributed by atoms with van der Waals surface area (Å²) < 4.78 is 6.95. The number of imidazole rings is 1. The Morgan fingerprint density at radius 2 is 2.17 bits per heavy atom. The third kappa shape index (κ3) is 2.67. The molecule has 2 rings (SSSR count). The van der Waals surface area contributed by atoms with Crippen molar-refractivity contribution >= 4 is 5.95 Å². The van der Waals surface area contributed by atoms with E-state index in [1.54, 1.807) is 6.92 Å². The van der Waals surface area contributed by atoms with Gasteiger partial charge in [0.25, 0.3) is 0 Å². The molecule has 1 N–H and O–H groups in total. The number of rotatable bonds is 5. The van der Waals surface area contributed by atoms with Crippen LogP contribution in [0.5, 0.6) is 0 Å². The number of hydrogen-bond donors (Lipinski definition) is 1. The highest BCUT2D eigenvalue weighted by molar-refractivity contribution is 5.30. The van der Waals surface area contributed by atoms with Gasteiger partial charge in [0.2, 0.25) is 11.8 Å². The molecule has 0 atom stereocenters. The summed E-state index contributed by atoms with van der Waals surface area (Å²) in [5, 5.41) is 7.08. The van der Waals surface area contributed by atoms with Crippen molar-refractivity contribution in [3.05, 3.63) is 23.6 Å². The highest BCUT2D eigenvalue weighted by Gasteiger charge is 2.08. The molecule has 2 aromatic heterocycles. The van der Waals surface area contributed by atoms with Gasteiger partial charge < -0.3 is 19.3 Å². The number of nitrogens with zero attached hydrogens (tertiary/aromatic N) is 5. The van der Waals surface area contributed by atoms with Gasteiger partial charge >= 0.3 is 0 Å². The molecule has 0 saturated heterocycles. The van der Waals surface area contributed by atoms with E-state index >= 15 is 0 Å². The topological polar surface area (TPSA) is 72.0 Å². The Balaban J connectivity index is 1.90. The van der Waals surface area contributed by atoms with E-state index in [2.05, 4.69) is 25.0 Å². The lowest BCUT2D eigenvalue weighted by Gasteiger charge is -2.12. The summed E-state index contributed by atoms with van der Waals surface area (Å²) in [6, 6.07) is 0. The van der Waals surface area contributed by atoms with Crippen molar-refractivity contribution < 1.29 is 4.52 Å². The maximum Gasteiger partial charge on any atom is 0.223 e. The average Bonchev–Trinajstić information content (AvgIpc) is 2.87. The zero-order chi connectivity index (χ0) is 13.1. The largest absolute Gasteiger partial charge is 0.348 e. The molecule has 2 heterocycles. The number of hydrogen-bond acceptors (Lipinski definition) is 6. The van der Waals surface area contributed by atoms with Crippen molar-refractivity contribution in [2.45, 2.75) is 20.0 Å². The first kappa shape index (κ1) is 12.6. The molecule has 0 unspecified atom stereocenters. The van der Waals surface area contributed by atoms with E-state index < -0.39 is 0 Å². The van der Waals surface area contributed by atoms with Crippen molar-refractivity contribution in [2.24, 2.45) is 7.05 Å². The van der Waals surface area contributed by atoms with Crippen LogP contribution in [0.3, 0.4) is 0 Å². The summed E-state index contributed by atoms with van der Waals surface area (Å²) in [6.07, 6.45) is 1.86. The van der Waals surface area contributed by atoms with E-state index in [9.17, 15) is 0 Å². The number of aromatic nitrogens is 4. The Morgan fingerprint density at radius 3 is 2.72 bits per heavy atom. The molecule has 18 heavy (non-hydrogen) atoms. The summed E-state index contributed by atoms with van der Waals surface area (Å²) in [5.41, 5.74) is 1.11. The Labute approximate surface area is 106 Å². The molecule has 0 aromatic carbocycles. The summed E-state index contributed by atoms with van der Waals surface area (Å²) in [5.74, 6) is 2.19. The van der Waals surface area contributed by atoms with Crippen LogP contribution < -0.4 is 10.2 Å². The molecule has 2 aromatic rings. The summed E-state index contributed by atoms with van der Waals surface area (Å²) in [4.78, 5) is 10.4. The predicted octanol–water partition coefficient (Wildman–Crippen LogP) is 0.467. The fourth-order valence-corrected chi connectivity index (χ4v) is 1.73. The fourth-order valence-electron chi connectivity index (χ4n) is 1.73. The first-order valence-corrected chi connectivity index (χ1v) is 5.75. The predicted molar refractivity (Wildman–Crippen MR) is 67.1 cm³/mol. The lowest BCUT2D eigenvalue weighted by atomic mass is 10.4. The van der Waals surface area contributed by atoms with Gasteiger partial charge in [-0.25, -0.2) is 4.98 Å². The molecule has 0 aliphatic heterocycles.